The molecule has 34 heavy (non-hydrogen) atoms. The molecule has 0 saturated carbocycles. The van der Waals surface area contributed by atoms with Gasteiger partial charge < -0.3 is 23.8 Å². The van der Waals surface area contributed by atoms with Gasteiger partial charge in [0.15, 0.2) is 0 Å². The van der Waals surface area contributed by atoms with Gasteiger partial charge in [-0.15, -0.1) is 11.3 Å². The van der Waals surface area contributed by atoms with Crippen LogP contribution in [0.4, 0.5) is 0 Å². The van der Waals surface area contributed by atoms with Gasteiger partial charge in [0.05, 0.1) is 36.9 Å². The van der Waals surface area contributed by atoms with Crippen LogP contribution in [0, 0.1) is 6.92 Å². The van der Waals surface area contributed by atoms with Gasteiger partial charge in [0.25, 0.3) is 5.91 Å². The zero-order valence-electron chi connectivity index (χ0n) is 19.8. The standard InChI is InChI=1S/C26H29N3O4S/c1-5-17(2)27-26(30)22-13-24(29(18(22)3)14-21-7-6-12-32-21)23-16-34-25(28-23)15-33-20-10-8-19(31-4)9-11-20/h6-13,16-17H,5,14-15H2,1-4H3,(H,27,30). The molecule has 1 aromatic carbocycles. The summed E-state index contributed by atoms with van der Waals surface area (Å²) in [6, 6.07) is 13.3. The molecule has 0 radical (unpaired) electrons. The zero-order valence-corrected chi connectivity index (χ0v) is 20.6. The predicted octanol–water partition coefficient (Wildman–Crippen LogP) is 5.68. The lowest BCUT2D eigenvalue weighted by molar-refractivity contribution is 0.0938. The first-order valence-corrected chi connectivity index (χ1v) is 12.1. The van der Waals surface area contributed by atoms with Crippen molar-refractivity contribution in [2.24, 2.45) is 0 Å². The first kappa shape index (κ1) is 23.6. The van der Waals surface area contributed by atoms with Crippen molar-refractivity contribution in [2.45, 2.75) is 46.4 Å². The number of carbonyl (C=O) groups excluding carboxylic acids is 1. The average Bonchev–Trinajstić information content (AvgIpc) is 3.60. The molecule has 0 spiro atoms. The second-order valence-electron chi connectivity index (χ2n) is 8.07. The molecule has 4 aromatic rings. The topological polar surface area (TPSA) is 78.5 Å². The summed E-state index contributed by atoms with van der Waals surface area (Å²) in [6.45, 7) is 6.88. The fourth-order valence-electron chi connectivity index (χ4n) is 3.56. The van der Waals surface area contributed by atoms with E-state index in [9.17, 15) is 4.79 Å². The third kappa shape index (κ3) is 5.34. The van der Waals surface area contributed by atoms with Crippen molar-refractivity contribution >= 4 is 17.2 Å². The van der Waals surface area contributed by atoms with E-state index in [1.807, 2.05) is 61.7 Å². The van der Waals surface area contributed by atoms with Crippen LogP contribution < -0.4 is 14.8 Å². The van der Waals surface area contributed by atoms with E-state index in [1.165, 1.54) is 11.3 Å². The minimum Gasteiger partial charge on any atom is -0.497 e. The number of ether oxygens (including phenoxy) is 2. The Kier molecular flexibility index (Phi) is 7.37. The Morgan fingerprint density at radius 1 is 1.24 bits per heavy atom. The van der Waals surface area contributed by atoms with Gasteiger partial charge in [-0.1, -0.05) is 6.92 Å². The van der Waals surface area contributed by atoms with Gasteiger partial charge in [-0.2, -0.15) is 0 Å². The summed E-state index contributed by atoms with van der Waals surface area (Å²) in [4.78, 5) is 17.7. The largest absolute Gasteiger partial charge is 0.497 e. The molecular formula is C26H29N3O4S. The zero-order chi connectivity index (χ0) is 24.1. The average molecular weight is 480 g/mol. The monoisotopic (exact) mass is 479 g/mol. The van der Waals surface area contributed by atoms with Crippen molar-refractivity contribution < 1.29 is 18.7 Å². The van der Waals surface area contributed by atoms with E-state index < -0.39 is 0 Å². The van der Waals surface area contributed by atoms with E-state index >= 15 is 0 Å². The molecule has 3 aromatic heterocycles. The molecule has 0 saturated heterocycles. The van der Waals surface area contributed by atoms with Crippen LogP contribution in [0.25, 0.3) is 11.4 Å². The third-order valence-corrected chi connectivity index (χ3v) is 6.55. The van der Waals surface area contributed by atoms with Crippen molar-refractivity contribution in [3.8, 4) is 22.9 Å². The molecule has 7 nitrogen and oxygen atoms in total. The lowest BCUT2D eigenvalue weighted by Gasteiger charge is -2.12. The second kappa shape index (κ2) is 10.6. The van der Waals surface area contributed by atoms with Crippen LogP contribution in [0.15, 0.2) is 58.5 Å². The number of methoxy groups -OCH3 is 1. The van der Waals surface area contributed by atoms with Crippen molar-refractivity contribution in [1.82, 2.24) is 14.9 Å². The third-order valence-electron chi connectivity index (χ3n) is 5.73. The maximum Gasteiger partial charge on any atom is 0.253 e. The lowest BCUT2D eigenvalue weighted by Crippen LogP contribution is -2.32. The summed E-state index contributed by atoms with van der Waals surface area (Å²) in [7, 11) is 1.63. The predicted molar refractivity (Wildman–Crippen MR) is 133 cm³/mol. The molecule has 1 N–H and O–H groups in total. The summed E-state index contributed by atoms with van der Waals surface area (Å²) in [6.07, 6.45) is 2.52. The summed E-state index contributed by atoms with van der Waals surface area (Å²) >= 11 is 1.53. The summed E-state index contributed by atoms with van der Waals surface area (Å²) in [5.41, 5.74) is 3.19. The highest BCUT2D eigenvalue weighted by Gasteiger charge is 2.21. The van der Waals surface area contributed by atoms with E-state index in [1.54, 1.807) is 13.4 Å². The highest BCUT2D eigenvalue weighted by molar-refractivity contribution is 7.09. The minimum atomic E-state index is -0.0791. The molecule has 0 bridgehead atoms. The van der Waals surface area contributed by atoms with Crippen LogP contribution in [0.1, 0.15) is 47.1 Å². The van der Waals surface area contributed by atoms with E-state index in [4.69, 9.17) is 18.9 Å². The molecule has 178 valence electrons. The van der Waals surface area contributed by atoms with Gasteiger partial charge in [-0.05, 0) is 62.7 Å². The maximum absolute atomic E-state index is 12.9. The molecule has 0 aliphatic rings. The number of rotatable bonds is 10. The van der Waals surface area contributed by atoms with Gasteiger partial charge in [-0.25, -0.2) is 4.98 Å². The number of thiazole rings is 1. The number of benzene rings is 1. The van der Waals surface area contributed by atoms with Gasteiger partial charge in [0.1, 0.15) is 28.9 Å². The Bertz CT molecular complexity index is 1230. The molecule has 0 aliphatic carbocycles. The van der Waals surface area contributed by atoms with E-state index in [-0.39, 0.29) is 11.9 Å². The molecular weight excluding hydrogens is 450 g/mol. The molecule has 1 amide bonds. The van der Waals surface area contributed by atoms with Crippen LogP contribution in [0.3, 0.4) is 0 Å². The second-order valence-corrected chi connectivity index (χ2v) is 9.01. The van der Waals surface area contributed by atoms with Crippen LogP contribution in [0.2, 0.25) is 0 Å². The van der Waals surface area contributed by atoms with Crippen molar-refractivity contribution in [1.29, 1.82) is 0 Å². The van der Waals surface area contributed by atoms with Crippen molar-refractivity contribution in [3.63, 3.8) is 0 Å². The molecule has 8 heteroatoms. The first-order chi connectivity index (χ1) is 16.5. The number of nitrogens with zero attached hydrogens (tertiary/aromatic N) is 2. The molecule has 0 aliphatic heterocycles. The number of hydrogen-bond donors (Lipinski definition) is 1. The molecule has 0 fully saturated rings. The van der Waals surface area contributed by atoms with Crippen molar-refractivity contribution in [3.05, 3.63) is 76.1 Å². The number of hydrogen-bond acceptors (Lipinski definition) is 6. The van der Waals surface area contributed by atoms with Crippen LogP contribution >= 0.6 is 11.3 Å². The minimum absolute atomic E-state index is 0.0791. The number of amides is 1. The van der Waals surface area contributed by atoms with E-state index in [2.05, 4.69) is 16.8 Å². The quantitative estimate of drug-likeness (QED) is 0.317. The Labute approximate surface area is 203 Å². The summed E-state index contributed by atoms with van der Waals surface area (Å²) in [5.74, 6) is 2.26. The number of aromatic nitrogens is 2. The fourth-order valence-corrected chi connectivity index (χ4v) is 4.26. The molecule has 4 rings (SSSR count). The van der Waals surface area contributed by atoms with Gasteiger partial charge in [0, 0.05) is 17.1 Å². The Balaban J connectivity index is 1.58. The highest BCUT2D eigenvalue weighted by Crippen LogP contribution is 2.29. The normalized spacial score (nSPS) is 11.9. The Morgan fingerprint density at radius 3 is 2.68 bits per heavy atom. The van der Waals surface area contributed by atoms with Gasteiger partial charge in [0.2, 0.25) is 0 Å². The maximum atomic E-state index is 12.9. The number of furan rings is 1. The van der Waals surface area contributed by atoms with Gasteiger partial charge >= 0.3 is 0 Å². The molecule has 1 atom stereocenters. The van der Waals surface area contributed by atoms with E-state index in [0.29, 0.717) is 18.7 Å². The molecule has 1 unspecified atom stereocenters. The molecule has 3 heterocycles. The summed E-state index contributed by atoms with van der Waals surface area (Å²) < 4.78 is 18.7. The van der Waals surface area contributed by atoms with Gasteiger partial charge in [-0.3, -0.25) is 4.79 Å². The Morgan fingerprint density at radius 2 is 2.00 bits per heavy atom. The lowest BCUT2D eigenvalue weighted by atomic mass is 10.2. The number of carbonyl (C=O) groups is 1. The van der Waals surface area contributed by atoms with Crippen LogP contribution in [-0.4, -0.2) is 28.6 Å². The van der Waals surface area contributed by atoms with Crippen LogP contribution in [-0.2, 0) is 13.2 Å². The van der Waals surface area contributed by atoms with E-state index in [0.717, 1.165) is 45.8 Å². The SMILES string of the molecule is CCC(C)NC(=O)c1cc(-c2csc(COc3ccc(OC)cc3)n2)n(Cc2ccco2)c1C. The Hall–Kier alpha value is -3.52. The first-order valence-electron chi connectivity index (χ1n) is 11.2. The highest BCUT2D eigenvalue weighted by atomic mass is 32.1. The summed E-state index contributed by atoms with van der Waals surface area (Å²) in [5, 5.41) is 5.91. The fraction of sp³-hybridized carbons (Fsp3) is 0.308. The van der Waals surface area contributed by atoms with Crippen LogP contribution in [0.5, 0.6) is 11.5 Å². The smallest absolute Gasteiger partial charge is 0.253 e. The van der Waals surface area contributed by atoms with Crippen molar-refractivity contribution in [2.75, 3.05) is 7.11 Å². The number of nitrogens with one attached hydrogen (secondary N) is 1.